The molecule has 0 unspecified atom stereocenters. The fourth-order valence-electron chi connectivity index (χ4n) is 0.202. The van der Waals surface area contributed by atoms with Crippen LogP contribution in [0.5, 0.6) is 0 Å². The van der Waals surface area contributed by atoms with Gasteiger partial charge in [0, 0.05) is 24.9 Å². The van der Waals surface area contributed by atoms with Crippen molar-refractivity contribution in [2.75, 3.05) is 7.05 Å². The molecule has 0 saturated heterocycles. The summed E-state index contributed by atoms with van der Waals surface area (Å²) in [7, 11) is 1.64. The predicted molar refractivity (Wildman–Crippen MR) is 32.9 cm³/mol. The highest BCUT2D eigenvalue weighted by atomic mass is 14.6. The highest BCUT2D eigenvalue weighted by Crippen LogP contribution is 1.58. The highest BCUT2D eigenvalue weighted by molar-refractivity contribution is 5.55. The Morgan fingerprint density at radius 3 is 2.75 bits per heavy atom. The first-order chi connectivity index (χ1) is 3.91. The molecular formula is C6H7N2+. The zero-order valence-electron chi connectivity index (χ0n) is 4.68. The van der Waals surface area contributed by atoms with Gasteiger partial charge in [-0.15, -0.1) is 0 Å². The van der Waals surface area contributed by atoms with Crippen LogP contribution in [-0.2, 0) is 0 Å². The average molecular weight is 107 g/mol. The van der Waals surface area contributed by atoms with E-state index in [1.807, 2.05) is 0 Å². The molecule has 0 amide bonds. The molecule has 0 atom stereocenters. The number of allylic oxidation sites excluding steroid dienone is 2. The minimum atomic E-state index is 1.58. The van der Waals surface area contributed by atoms with Crippen molar-refractivity contribution in [2.45, 2.75) is 0 Å². The zero-order chi connectivity index (χ0) is 6.24. The molecule has 2 heteroatoms. The largest absolute Gasteiger partial charge is 0.246 e. The third-order valence-corrected chi connectivity index (χ3v) is 0.454. The summed E-state index contributed by atoms with van der Waals surface area (Å²) in [5.41, 5.74) is 2.51. The van der Waals surface area contributed by atoms with Crippen LogP contribution in [0.3, 0.4) is 0 Å². The van der Waals surface area contributed by atoms with Gasteiger partial charge in [0.1, 0.15) is 0 Å². The van der Waals surface area contributed by atoms with E-state index in [0.29, 0.717) is 0 Å². The molecule has 0 rings (SSSR count). The Kier molecular flexibility index (Phi) is 4.74. The second-order valence-corrected chi connectivity index (χ2v) is 0.975. The standard InChI is InChI=1S/C6H6N2/c1-8-6-4-2-3-5-7/h2,4,7H,1H3/p+1. The van der Waals surface area contributed by atoms with Gasteiger partial charge in [0.05, 0.1) is 0 Å². The highest BCUT2D eigenvalue weighted by Gasteiger charge is 1.50. The normalized spacial score (nSPS) is 5.12. The Balaban J connectivity index is 3.96. The van der Waals surface area contributed by atoms with Gasteiger partial charge in [-0.25, -0.2) is 10.4 Å². The lowest BCUT2D eigenvalue weighted by Crippen LogP contribution is -2.24. The van der Waals surface area contributed by atoms with Crippen molar-refractivity contribution in [3.8, 4) is 0 Å². The average Bonchev–Trinajstić information content (AvgIpc) is 1.81. The maximum absolute atomic E-state index is 4.84. The molecule has 2 nitrogen and oxygen atoms in total. The molecule has 0 aromatic rings. The summed E-state index contributed by atoms with van der Waals surface area (Å²) in [6.07, 6.45) is 3.17. The van der Waals surface area contributed by atoms with E-state index in [1.165, 1.54) is 0 Å². The second kappa shape index (κ2) is 5.68. The van der Waals surface area contributed by atoms with E-state index in [-0.39, 0.29) is 0 Å². The number of aliphatic imine (C=N–C) groups is 1. The Morgan fingerprint density at radius 2 is 2.25 bits per heavy atom. The lowest BCUT2D eigenvalue weighted by Gasteiger charge is -1.54. The Labute approximate surface area is 48.1 Å². The van der Waals surface area contributed by atoms with Crippen LogP contribution >= 0.6 is 0 Å². The summed E-state index contributed by atoms with van der Waals surface area (Å²) in [5, 5.41) is 4.84. The quantitative estimate of drug-likeness (QED) is 0.253. The van der Waals surface area contributed by atoms with E-state index >= 15 is 0 Å². The fraction of sp³-hybridized carbons (Fsp3) is 0.167. The van der Waals surface area contributed by atoms with Gasteiger partial charge >= 0.3 is 0 Å². The van der Waals surface area contributed by atoms with Crippen LogP contribution in [-0.4, -0.2) is 18.8 Å². The molecule has 2 N–H and O–H groups in total. The Bertz CT molecular complexity index is 185. The molecule has 0 spiro atoms. The molecule has 0 aliphatic rings. The first-order valence-corrected chi connectivity index (χ1v) is 2.12. The van der Waals surface area contributed by atoms with E-state index in [2.05, 4.69) is 22.5 Å². The third kappa shape index (κ3) is 4.68. The summed E-state index contributed by atoms with van der Waals surface area (Å²) < 4.78 is 0. The lowest BCUT2D eigenvalue weighted by molar-refractivity contribution is -0.101. The number of nitrogens with zero attached hydrogens (tertiary/aromatic N) is 1. The van der Waals surface area contributed by atoms with Crippen LogP contribution in [0.4, 0.5) is 0 Å². The number of rotatable bonds is 1. The van der Waals surface area contributed by atoms with Crippen LogP contribution in [0, 0.1) is 0 Å². The van der Waals surface area contributed by atoms with E-state index in [1.54, 1.807) is 19.2 Å². The summed E-state index contributed by atoms with van der Waals surface area (Å²) in [6, 6.07) is 0. The Hall–Kier alpha value is -1.32. The van der Waals surface area contributed by atoms with Crippen molar-refractivity contribution >= 4 is 11.7 Å². The van der Waals surface area contributed by atoms with Crippen LogP contribution < -0.4 is 5.41 Å². The van der Waals surface area contributed by atoms with Crippen LogP contribution in [0.15, 0.2) is 22.9 Å². The van der Waals surface area contributed by atoms with E-state index in [0.717, 1.165) is 0 Å². The summed E-state index contributed by atoms with van der Waals surface area (Å²) in [5.74, 6) is 4.78. The van der Waals surface area contributed by atoms with Gasteiger partial charge in [-0.1, -0.05) is 0 Å². The molecular weight excluding hydrogens is 100 g/mol. The zero-order valence-corrected chi connectivity index (χ0v) is 4.68. The first-order valence-electron chi connectivity index (χ1n) is 2.12. The number of hydrogen-bond donors (Lipinski definition) is 1. The van der Waals surface area contributed by atoms with Crippen molar-refractivity contribution in [2.24, 2.45) is 4.99 Å². The molecule has 0 aliphatic carbocycles. The van der Waals surface area contributed by atoms with Crippen molar-refractivity contribution in [3.63, 3.8) is 0 Å². The molecule has 8 heavy (non-hydrogen) atoms. The van der Waals surface area contributed by atoms with E-state index in [9.17, 15) is 0 Å². The van der Waals surface area contributed by atoms with Gasteiger partial charge in [0.25, 0.3) is 0 Å². The van der Waals surface area contributed by atoms with Crippen molar-refractivity contribution in [1.29, 1.82) is 0 Å². The minimum absolute atomic E-state index is 1.58. The minimum Gasteiger partial charge on any atom is -0.246 e. The lowest BCUT2D eigenvalue weighted by atomic mass is 10.6. The molecule has 0 aromatic heterocycles. The first kappa shape index (κ1) is 6.68. The molecule has 0 heterocycles. The number of hydrogen-bond acceptors (Lipinski definition) is 1. The van der Waals surface area contributed by atoms with Gasteiger partial charge < -0.3 is 0 Å². The second-order valence-electron chi connectivity index (χ2n) is 0.975. The van der Waals surface area contributed by atoms with Gasteiger partial charge in [0.2, 0.25) is 5.87 Å². The van der Waals surface area contributed by atoms with Gasteiger partial charge in [-0.3, -0.25) is 0 Å². The molecule has 0 aliphatic heterocycles. The molecule has 0 aromatic carbocycles. The van der Waals surface area contributed by atoms with Crippen LogP contribution in [0.1, 0.15) is 0 Å². The predicted octanol–water partition coefficient (Wildman–Crippen LogP) is -1.02. The van der Waals surface area contributed by atoms with Gasteiger partial charge in [-0.2, -0.15) is 0 Å². The Morgan fingerprint density at radius 1 is 1.50 bits per heavy atom. The molecule has 0 fully saturated rings. The third-order valence-electron chi connectivity index (χ3n) is 0.454. The molecule has 40 valence electrons. The summed E-state index contributed by atoms with van der Waals surface area (Å²) >= 11 is 0. The summed E-state index contributed by atoms with van der Waals surface area (Å²) in [4.78, 5) is 3.56. The van der Waals surface area contributed by atoms with Crippen molar-refractivity contribution < 1.29 is 5.41 Å². The fourth-order valence-corrected chi connectivity index (χ4v) is 0.202. The smallest absolute Gasteiger partial charge is 0.218 e. The topological polar surface area (TPSA) is 38.0 Å². The summed E-state index contributed by atoms with van der Waals surface area (Å²) in [6.45, 7) is 0. The van der Waals surface area contributed by atoms with Crippen LogP contribution in [0.2, 0.25) is 0 Å². The monoisotopic (exact) mass is 107 g/mol. The van der Waals surface area contributed by atoms with Gasteiger partial charge in [0.15, 0.2) is 0 Å². The van der Waals surface area contributed by atoms with Crippen LogP contribution in [0.25, 0.3) is 0 Å². The molecule has 0 bridgehead atoms. The van der Waals surface area contributed by atoms with Crippen molar-refractivity contribution in [3.05, 3.63) is 17.9 Å². The molecule has 0 radical (unpaired) electrons. The van der Waals surface area contributed by atoms with E-state index in [4.69, 9.17) is 5.41 Å². The molecule has 0 saturated carbocycles. The number of nitrogens with two attached hydrogens (primary N) is 1. The van der Waals surface area contributed by atoms with E-state index < -0.39 is 0 Å². The van der Waals surface area contributed by atoms with Crippen molar-refractivity contribution in [1.82, 2.24) is 0 Å². The maximum atomic E-state index is 4.84. The van der Waals surface area contributed by atoms with Gasteiger partial charge in [-0.05, 0) is 5.87 Å². The SMILES string of the molecule is CN=C=CC=C=C=[NH2+]. The maximum Gasteiger partial charge on any atom is 0.218 e.